The molecule has 1 saturated heterocycles. The maximum Gasteiger partial charge on any atom is 0.242 e. The lowest BCUT2D eigenvalue weighted by Gasteiger charge is -2.56. The zero-order valence-electron chi connectivity index (χ0n) is 19.4. The molecular weight excluding hydrogens is 404 g/mol. The lowest BCUT2D eigenvalue weighted by molar-refractivity contribution is -0.160. The van der Waals surface area contributed by atoms with E-state index in [9.17, 15) is 9.59 Å². The van der Waals surface area contributed by atoms with Crippen LogP contribution in [0.3, 0.4) is 0 Å². The quantitative estimate of drug-likeness (QED) is 0.704. The molecule has 4 saturated carbocycles. The summed E-state index contributed by atoms with van der Waals surface area (Å²) in [5, 5.41) is 3.09. The van der Waals surface area contributed by atoms with E-state index in [1.165, 1.54) is 19.3 Å². The van der Waals surface area contributed by atoms with Crippen molar-refractivity contribution in [2.45, 2.75) is 63.8 Å². The van der Waals surface area contributed by atoms with Gasteiger partial charge in [-0.25, -0.2) is 0 Å². The summed E-state index contributed by atoms with van der Waals surface area (Å²) in [6.45, 7) is 1.28. The van der Waals surface area contributed by atoms with Gasteiger partial charge in [-0.1, -0.05) is 6.07 Å². The molecule has 1 heterocycles. The van der Waals surface area contributed by atoms with E-state index in [0.29, 0.717) is 24.5 Å². The first kappa shape index (κ1) is 21.6. The first-order valence-corrected chi connectivity index (χ1v) is 12.3. The van der Waals surface area contributed by atoms with E-state index in [2.05, 4.69) is 5.32 Å². The van der Waals surface area contributed by atoms with E-state index >= 15 is 0 Å². The number of likely N-dealkylation sites (tertiary alicyclic amines) is 1. The van der Waals surface area contributed by atoms with Gasteiger partial charge in [-0.2, -0.15) is 0 Å². The standard InChI is InChI=1S/C26H36N2O4/c1-31-22-6-5-17(13-23(22)32-2)7-8-27-24(29)21-4-3-9-28(21)25(30)26-14-18-10-19(15-26)12-20(11-18)16-26/h5-6,13,18-21H,3-4,7-12,14-16H2,1-2H3,(H,27,29). The van der Waals surface area contributed by atoms with Gasteiger partial charge in [-0.15, -0.1) is 0 Å². The van der Waals surface area contributed by atoms with Gasteiger partial charge in [0.25, 0.3) is 0 Å². The van der Waals surface area contributed by atoms with Crippen LogP contribution in [-0.2, 0) is 16.0 Å². The van der Waals surface area contributed by atoms with Crippen molar-refractivity contribution in [2.24, 2.45) is 23.2 Å². The summed E-state index contributed by atoms with van der Waals surface area (Å²) in [5.41, 5.74) is 0.910. The Morgan fingerprint density at radius 3 is 2.31 bits per heavy atom. The second kappa shape index (κ2) is 8.60. The van der Waals surface area contributed by atoms with Crippen molar-refractivity contribution in [2.75, 3.05) is 27.3 Å². The molecular formula is C26H36N2O4. The van der Waals surface area contributed by atoms with Crippen molar-refractivity contribution >= 4 is 11.8 Å². The van der Waals surface area contributed by atoms with Crippen molar-refractivity contribution in [3.63, 3.8) is 0 Å². The van der Waals surface area contributed by atoms with Gasteiger partial charge in [-0.05, 0) is 93.2 Å². The van der Waals surface area contributed by atoms with Gasteiger partial charge >= 0.3 is 0 Å². The average Bonchev–Trinajstić information content (AvgIpc) is 3.27. The van der Waals surface area contributed by atoms with Crippen LogP contribution >= 0.6 is 0 Å². The number of rotatable bonds is 7. The van der Waals surface area contributed by atoms with Crippen molar-refractivity contribution in [3.8, 4) is 11.5 Å². The zero-order chi connectivity index (χ0) is 22.3. The molecule has 0 radical (unpaired) electrons. The first-order chi connectivity index (χ1) is 15.5. The molecule has 2 amide bonds. The Morgan fingerprint density at radius 2 is 1.69 bits per heavy atom. The molecule has 1 aliphatic heterocycles. The van der Waals surface area contributed by atoms with Crippen LogP contribution in [0, 0.1) is 23.2 Å². The summed E-state index contributed by atoms with van der Waals surface area (Å²) in [6.07, 6.45) is 9.56. The molecule has 0 spiro atoms. The highest BCUT2D eigenvalue weighted by atomic mass is 16.5. The van der Waals surface area contributed by atoms with Crippen molar-refractivity contribution in [1.82, 2.24) is 10.2 Å². The second-order valence-electron chi connectivity index (χ2n) is 10.6. The third-order valence-electron chi connectivity index (χ3n) is 8.47. The van der Waals surface area contributed by atoms with Crippen molar-refractivity contribution < 1.29 is 19.1 Å². The molecule has 0 aromatic heterocycles. The largest absolute Gasteiger partial charge is 0.493 e. The van der Waals surface area contributed by atoms with Crippen LogP contribution in [0.15, 0.2) is 18.2 Å². The summed E-state index contributed by atoms with van der Waals surface area (Å²) in [7, 11) is 3.24. The molecule has 1 aromatic rings. The van der Waals surface area contributed by atoms with Gasteiger partial charge < -0.3 is 19.7 Å². The first-order valence-electron chi connectivity index (χ1n) is 12.3. The van der Waals surface area contributed by atoms with Crippen molar-refractivity contribution in [1.29, 1.82) is 0 Å². The van der Waals surface area contributed by atoms with E-state index in [4.69, 9.17) is 9.47 Å². The highest BCUT2D eigenvalue weighted by molar-refractivity contribution is 5.91. The maximum absolute atomic E-state index is 13.8. The molecule has 6 nitrogen and oxygen atoms in total. The number of ether oxygens (including phenoxy) is 2. The highest BCUT2D eigenvalue weighted by Crippen LogP contribution is 2.60. The number of hydrogen-bond acceptors (Lipinski definition) is 4. The molecule has 1 atom stereocenters. The Balaban J connectivity index is 1.19. The molecule has 1 aromatic carbocycles. The van der Waals surface area contributed by atoms with E-state index < -0.39 is 0 Å². The molecule has 4 bridgehead atoms. The van der Waals surface area contributed by atoms with Crippen LogP contribution in [0.1, 0.15) is 56.9 Å². The molecule has 1 unspecified atom stereocenters. The second-order valence-corrected chi connectivity index (χ2v) is 10.6. The summed E-state index contributed by atoms with van der Waals surface area (Å²) in [6, 6.07) is 5.52. The topological polar surface area (TPSA) is 67.9 Å². The predicted octanol–water partition coefficient (Wildman–Crippen LogP) is 3.57. The summed E-state index contributed by atoms with van der Waals surface area (Å²) in [4.78, 5) is 28.8. The van der Waals surface area contributed by atoms with Gasteiger partial charge in [0.15, 0.2) is 11.5 Å². The summed E-state index contributed by atoms with van der Waals surface area (Å²) >= 11 is 0. The Kier molecular flexibility index (Phi) is 5.81. The molecule has 32 heavy (non-hydrogen) atoms. The summed E-state index contributed by atoms with van der Waals surface area (Å²) in [5.74, 6) is 3.89. The molecule has 6 rings (SSSR count). The SMILES string of the molecule is COc1ccc(CCNC(=O)C2CCCN2C(=O)C23CC4CC(CC(C4)C2)C3)cc1OC. The molecule has 5 fully saturated rings. The fourth-order valence-electron chi connectivity index (χ4n) is 7.44. The van der Waals surface area contributed by atoms with E-state index in [0.717, 1.165) is 62.0 Å². The van der Waals surface area contributed by atoms with E-state index in [1.807, 2.05) is 23.1 Å². The number of benzene rings is 1. The fourth-order valence-corrected chi connectivity index (χ4v) is 7.44. The fraction of sp³-hybridized carbons (Fsp3) is 0.692. The predicted molar refractivity (Wildman–Crippen MR) is 122 cm³/mol. The normalized spacial score (nSPS) is 32.8. The minimum Gasteiger partial charge on any atom is -0.493 e. The Hall–Kier alpha value is -2.24. The van der Waals surface area contributed by atoms with Crippen LogP contribution in [0.2, 0.25) is 0 Å². The monoisotopic (exact) mass is 440 g/mol. The third kappa shape index (κ3) is 3.86. The smallest absolute Gasteiger partial charge is 0.242 e. The van der Waals surface area contributed by atoms with E-state index in [-0.39, 0.29) is 23.3 Å². The lowest BCUT2D eigenvalue weighted by Crippen LogP contribution is -2.57. The summed E-state index contributed by atoms with van der Waals surface area (Å²) < 4.78 is 10.7. The van der Waals surface area contributed by atoms with Crippen molar-refractivity contribution in [3.05, 3.63) is 23.8 Å². The van der Waals surface area contributed by atoms with Gasteiger partial charge in [0.05, 0.1) is 19.6 Å². The molecule has 174 valence electrons. The third-order valence-corrected chi connectivity index (χ3v) is 8.47. The number of nitrogens with one attached hydrogen (secondary N) is 1. The molecule has 1 N–H and O–H groups in total. The van der Waals surface area contributed by atoms with E-state index in [1.54, 1.807) is 14.2 Å². The zero-order valence-corrected chi connectivity index (χ0v) is 19.4. The lowest BCUT2D eigenvalue weighted by atomic mass is 9.49. The number of hydrogen-bond donors (Lipinski definition) is 1. The molecule has 5 aliphatic rings. The molecule has 4 aliphatic carbocycles. The Labute approximate surface area is 191 Å². The molecule has 6 heteroatoms. The number of nitrogens with zero attached hydrogens (tertiary/aromatic N) is 1. The van der Waals surface area contributed by atoms with Crippen LogP contribution in [-0.4, -0.2) is 50.1 Å². The van der Waals surface area contributed by atoms with Crippen LogP contribution in [0.25, 0.3) is 0 Å². The number of methoxy groups -OCH3 is 2. The van der Waals surface area contributed by atoms with Gasteiger partial charge in [0.2, 0.25) is 11.8 Å². The van der Waals surface area contributed by atoms with Gasteiger partial charge in [0, 0.05) is 13.1 Å². The van der Waals surface area contributed by atoms with Crippen LogP contribution < -0.4 is 14.8 Å². The Morgan fingerprint density at radius 1 is 1.03 bits per heavy atom. The minimum atomic E-state index is -0.305. The van der Waals surface area contributed by atoms with Crippen LogP contribution in [0.5, 0.6) is 11.5 Å². The number of carbonyl (C=O) groups is 2. The van der Waals surface area contributed by atoms with Crippen LogP contribution in [0.4, 0.5) is 0 Å². The maximum atomic E-state index is 13.8. The van der Waals surface area contributed by atoms with Gasteiger partial charge in [-0.3, -0.25) is 9.59 Å². The number of carbonyl (C=O) groups excluding carboxylic acids is 2. The Bertz CT molecular complexity index is 847. The highest BCUT2D eigenvalue weighted by Gasteiger charge is 2.56. The van der Waals surface area contributed by atoms with Gasteiger partial charge in [0.1, 0.15) is 6.04 Å². The average molecular weight is 441 g/mol. The number of amides is 2. The minimum absolute atomic E-state index is 0.000977.